The number of hydrogen-bond donors (Lipinski definition) is 1. The van der Waals surface area contributed by atoms with Crippen LogP contribution in [0, 0.1) is 6.92 Å². The molecule has 2 aromatic rings. The Bertz CT molecular complexity index is 992. The lowest BCUT2D eigenvalue weighted by atomic mass is 10.1. The highest BCUT2D eigenvalue weighted by Gasteiger charge is 2.28. The lowest BCUT2D eigenvalue weighted by molar-refractivity contribution is 0.0933. The summed E-state index contributed by atoms with van der Waals surface area (Å²) < 4.78 is 33.2. The second-order valence-electron chi connectivity index (χ2n) is 8.43. The molecular formula is C23H31N3O4S. The number of carbonyl (C=O) groups excluding carboxylic acids is 1. The lowest BCUT2D eigenvalue weighted by Gasteiger charge is -2.27. The summed E-state index contributed by atoms with van der Waals surface area (Å²) in [6, 6.07) is 8.61. The molecule has 1 aromatic carbocycles. The number of benzene rings is 1. The van der Waals surface area contributed by atoms with Crippen LogP contribution in [0.5, 0.6) is 0 Å². The van der Waals surface area contributed by atoms with E-state index in [1.165, 1.54) is 10.4 Å². The number of hydrogen-bond acceptors (Lipinski definition) is 5. The van der Waals surface area contributed by atoms with Crippen LogP contribution in [-0.4, -0.2) is 56.3 Å². The first kappa shape index (κ1) is 22.0. The predicted octanol–water partition coefficient (Wildman–Crippen LogP) is 3.33. The number of aryl methyl sites for hydroxylation is 1. The van der Waals surface area contributed by atoms with E-state index in [1.54, 1.807) is 18.4 Å². The Morgan fingerprint density at radius 1 is 1.06 bits per heavy atom. The van der Waals surface area contributed by atoms with Gasteiger partial charge in [-0.25, -0.2) is 8.42 Å². The normalized spacial score (nSPS) is 19.4. The molecule has 0 spiro atoms. The van der Waals surface area contributed by atoms with Crippen LogP contribution >= 0.6 is 0 Å². The molecule has 1 atom stereocenters. The molecule has 0 unspecified atom stereocenters. The van der Waals surface area contributed by atoms with Crippen molar-refractivity contribution in [3.8, 4) is 0 Å². The molecule has 2 aliphatic heterocycles. The topological polar surface area (TPSA) is 82.9 Å². The summed E-state index contributed by atoms with van der Waals surface area (Å²) in [5.74, 6) is 0.573. The van der Waals surface area contributed by atoms with Gasteiger partial charge in [0.15, 0.2) is 0 Å². The van der Waals surface area contributed by atoms with Crippen molar-refractivity contribution in [2.45, 2.75) is 50.0 Å². The highest BCUT2D eigenvalue weighted by molar-refractivity contribution is 7.89. The molecule has 31 heavy (non-hydrogen) atoms. The third-order valence-corrected chi connectivity index (χ3v) is 8.21. The molecule has 3 heterocycles. The van der Waals surface area contributed by atoms with Gasteiger partial charge in [0.25, 0.3) is 5.91 Å². The maximum Gasteiger partial charge on any atom is 0.251 e. The molecule has 168 valence electrons. The fourth-order valence-corrected chi connectivity index (χ4v) is 6.03. The fraction of sp³-hybridized carbons (Fsp3) is 0.522. The van der Waals surface area contributed by atoms with Crippen molar-refractivity contribution in [2.75, 3.05) is 32.7 Å². The molecule has 8 heteroatoms. The molecule has 1 amide bonds. The van der Waals surface area contributed by atoms with Crippen molar-refractivity contribution in [2.24, 2.45) is 0 Å². The molecule has 0 saturated carbocycles. The van der Waals surface area contributed by atoms with Crippen molar-refractivity contribution >= 4 is 15.9 Å². The summed E-state index contributed by atoms with van der Waals surface area (Å²) in [4.78, 5) is 15.6. The number of sulfonamides is 1. The number of carbonyl (C=O) groups is 1. The highest BCUT2D eigenvalue weighted by Crippen LogP contribution is 2.26. The summed E-state index contributed by atoms with van der Waals surface area (Å²) in [6.45, 7) is 5.27. The maximum absolute atomic E-state index is 13.0. The standard InChI is InChI=1S/C23H31N3O4S/c1-18-9-10-19(31(28,29)26-13-3-2-4-14-26)16-20(18)23(27)24-17-21(22-8-7-15-30-22)25-11-5-6-12-25/h7-10,15-16,21H,2-6,11-14,17H2,1H3,(H,24,27)/t21-/m1/s1. The Morgan fingerprint density at radius 3 is 2.45 bits per heavy atom. The van der Waals surface area contributed by atoms with E-state index in [4.69, 9.17) is 4.42 Å². The number of furan rings is 1. The first-order chi connectivity index (χ1) is 15.0. The number of nitrogens with zero attached hydrogens (tertiary/aromatic N) is 2. The average molecular weight is 446 g/mol. The Kier molecular flexibility index (Phi) is 6.79. The second kappa shape index (κ2) is 9.54. The van der Waals surface area contributed by atoms with E-state index >= 15 is 0 Å². The average Bonchev–Trinajstić information content (AvgIpc) is 3.50. The predicted molar refractivity (Wildman–Crippen MR) is 118 cm³/mol. The molecule has 7 nitrogen and oxygen atoms in total. The number of likely N-dealkylation sites (tertiary alicyclic amines) is 1. The van der Waals surface area contributed by atoms with Gasteiger partial charge in [-0.15, -0.1) is 0 Å². The van der Waals surface area contributed by atoms with Crippen LogP contribution < -0.4 is 5.32 Å². The molecule has 2 aliphatic rings. The first-order valence-corrected chi connectivity index (χ1v) is 12.6. The number of amides is 1. The van der Waals surface area contributed by atoms with Crippen molar-refractivity contribution in [1.82, 2.24) is 14.5 Å². The molecule has 0 radical (unpaired) electrons. The van der Waals surface area contributed by atoms with Crippen LogP contribution in [0.15, 0.2) is 45.9 Å². The van der Waals surface area contributed by atoms with Crippen LogP contribution in [0.25, 0.3) is 0 Å². The van der Waals surface area contributed by atoms with Crippen molar-refractivity contribution in [3.05, 3.63) is 53.5 Å². The van der Waals surface area contributed by atoms with Gasteiger partial charge in [-0.3, -0.25) is 9.69 Å². The largest absolute Gasteiger partial charge is 0.468 e. The zero-order valence-electron chi connectivity index (χ0n) is 18.0. The molecule has 4 rings (SSSR count). The van der Waals surface area contributed by atoms with Gasteiger partial charge in [0.2, 0.25) is 10.0 Å². The SMILES string of the molecule is Cc1ccc(S(=O)(=O)N2CCCCC2)cc1C(=O)NC[C@H](c1ccco1)N1CCCC1. The van der Waals surface area contributed by atoms with E-state index in [0.29, 0.717) is 25.2 Å². The Balaban J connectivity index is 1.51. The van der Waals surface area contributed by atoms with Crippen molar-refractivity contribution < 1.29 is 17.6 Å². The van der Waals surface area contributed by atoms with Gasteiger partial charge in [0.1, 0.15) is 5.76 Å². The maximum atomic E-state index is 13.0. The summed E-state index contributed by atoms with van der Waals surface area (Å²) in [6.07, 6.45) is 6.74. The zero-order valence-corrected chi connectivity index (χ0v) is 18.9. The van der Waals surface area contributed by atoms with E-state index < -0.39 is 10.0 Å². The molecule has 0 bridgehead atoms. The number of piperidine rings is 1. The van der Waals surface area contributed by atoms with E-state index in [1.807, 2.05) is 19.1 Å². The van der Waals surface area contributed by atoms with Crippen LogP contribution in [-0.2, 0) is 10.0 Å². The minimum Gasteiger partial charge on any atom is -0.468 e. The molecule has 0 aliphatic carbocycles. The van der Waals surface area contributed by atoms with Gasteiger partial charge in [-0.2, -0.15) is 4.31 Å². The van der Waals surface area contributed by atoms with Gasteiger partial charge < -0.3 is 9.73 Å². The quantitative estimate of drug-likeness (QED) is 0.707. The summed E-state index contributed by atoms with van der Waals surface area (Å²) in [5.41, 5.74) is 1.16. The second-order valence-corrected chi connectivity index (χ2v) is 10.4. The van der Waals surface area contributed by atoms with E-state index in [0.717, 1.165) is 56.5 Å². The van der Waals surface area contributed by atoms with E-state index in [-0.39, 0.29) is 16.8 Å². The Morgan fingerprint density at radius 2 is 1.77 bits per heavy atom. The lowest BCUT2D eigenvalue weighted by Crippen LogP contribution is -2.37. The van der Waals surface area contributed by atoms with Gasteiger partial charge in [-0.1, -0.05) is 12.5 Å². The van der Waals surface area contributed by atoms with Crippen LogP contribution in [0.2, 0.25) is 0 Å². The summed E-state index contributed by atoms with van der Waals surface area (Å²) in [5, 5.41) is 3.01. The minimum atomic E-state index is -3.58. The summed E-state index contributed by atoms with van der Waals surface area (Å²) >= 11 is 0. The fourth-order valence-electron chi connectivity index (χ4n) is 4.49. The molecular weight excluding hydrogens is 414 g/mol. The van der Waals surface area contributed by atoms with Crippen LogP contribution in [0.4, 0.5) is 0 Å². The number of nitrogens with one attached hydrogen (secondary N) is 1. The zero-order chi connectivity index (χ0) is 21.8. The molecule has 2 fully saturated rings. The molecule has 1 N–H and O–H groups in total. The van der Waals surface area contributed by atoms with Crippen molar-refractivity contribution in [3.63, 3.8) is 0 Å². The monoisotopic (exact) mass is 445 g/mol. The van der Waals surface area contributed by atoms with Crippen LogP contribution in [0.3, 0.4) is 0 Å². The first-order valence-electron chi connectivity index (χ1n) is 11.1. The van der Waals surface area contributed by atoms with Crippen LogP contribution in [0.1, 0.15) is 59.8 Å². The highest BCUT2D eigenvalue weighted by atomic mass is 32.2. The third-order valence-electron chi connectivity index (χ3n) is 6.32. The Hall–Kier alpha value is -2.16. The molecule has 2 saturated heterocycles. The third kappa shape index (κ3) is 4.86. The van der Waals surface area contributed by atoms with Gasteiger partial charge in [-0.05, 0) is 75.5 Å². The van der Waals surface area contributed by atoms with E-state index in [2.05, 4.69) is 10.2 Å². The molecule has 1 aromatic heterocycles. The summed E-state index contributed by atoms with van der Waals surface area (Å²) in [7, 11) is -3.58. The minimum absolute atomic E-state index is 0.0259. The van der Waals surface area contributed by atoms with Gasteiger partial charge in [0, 0.05) is 25.2 Å². The van der Waals surface area contributed by atoms with Crippen molar-refractivity contribution in [1.29, 1.82) is 0 Å². The number of rotatable bonds is 7. The smallest absolute Gasteiger partial charge is 0.251 e. The van der Waals surface area contributed by atoms with Gasteiger partial charge in [0.05, 0.1) is 17.2 Å². The van der Waals surface area contributed by atoms with E-state index in [9.17, 15) is 13.2 Å². The Labute approximate surface area is 184 Å². The van der Waals surface area contributed by atoms with Gasteiger partial charge >= 0.3 is 0 Å².